The molecule has 1 saturated heterocycles. The van der Waals surface area contributed by atoms with Crippen LogP contribution < -0.4 is 15.0 Å². The molecule has 2 unspecified atom stereocenters. The highest BCUT2D eigenvalue weighted by Gasteiger charge is 2.34. The average Bonchev–Trinajstić information content (AvgIpc) is 3.10. The Morgan fingerprint density at radius 1 is 1.31 bits per heavy atom. The number of carbonyl (C=O) groups excluding carboxylic acids is 1. The summed E-state index contributed by atoms with van der Waals surface area (Å²) in [6, 6.07) is 9.38. The fraction of sp³-hybridized carbons (Fsp3) is 0.421. The lowest BCUT2D eigenvalue weighted by atomic mass is 10.0. The van der Waals surface area contributed by atoms with Gasteiger partial charge in [0.25, 0.3) is 0 Å². The molecular formula is C19H24N4O3. The Kier molecular flexibility index (Phi) is 6.01. The van der Waals surface area contributed by atoms with Crippen molar-refractivity contribution in [3.63, 3.8) is 0 Å². The number of ether oxygens (including phenoxy) is 1. The van der Waals surface area contributed by atoms with E-state index >= 15 is 0 Å². The molecule has 2 atom stereocenters. The van der Waals surface area contributed by atoms with E-state index in [1.165, 1.54) is 0 Å². The van der Waals surface area contributed by atoms with Crippen molar-refractivity contribution in [1.82, 2.24) is 15.3 Å². The van der Waals surface area contributed by atoms with Crippen molar-refractivity contribution in [2.75, 3.05) is 31.7 Å². The van der Waals surface area contributed by atoms with Crippen LogP contribution in [0.25, 0.3) is 0 Å². The van der Waals surface area contributed by atoms with Crippen molar-refractivity contribution >= 4 is 11.9 Å². The van der Waals surface area contributed by atoms with Gasteiger partial charge in [0.15, 0.2) is 0 Å². The third-order valence-corrected chi connectivity index (χ3v) is 4.63. The van der Waals surface area contributed by atoms with Gasteiger partial charge in [-0.25, -0.2) is 9.97 Å². The number of rotatable bonds is 7. The first-order valence-electron chi connectivity index (χ1n) is 8.74. The predicted octanol–water partition coefficient (Wildman–Crippen LogP) is 1.03. The van der Waals surface area contributed by atoms with Crippen LogP contribution in [0, 0.1) is 5.92 Å². The van der Waals surface area contributed by atoms with E-state index in [-0.39, 0.29) is 24.5 Å². The molecule has 2 heterocycles. The molecule has 2 N–H and O–H groups in total. The van der Waals surface area contributed by atoms with E-state index in [1.54, 1.807) is 25.6 Å². The summed E-state index contributed by atoms with van der Waals surface area (Å²) >= 11 is 0. The monoisotopic (exact) mass is 356 g/mol. The van der Waals surface area contributed by atoms with E-state index in [0.717, 1.165) is 11.3 Å². The standard InChI is InChI=1S/C19H24N4O3/c1-26-16-5-2-4-14(10-16)6-7-18(25)22-17-12-23(11-15(17)13-24)19-20-8-3-9-21-19/h2-5,8-10,15,17,24H,6-7,11-13H2,1H3,(H,22,25). The lowest BCUT2D eigenvalue weighted by Gasteiger charge is -2.18. The number of aromatic nitrogens is 2. The van der Waals surface area contributed by atoms with Crippen LogP contribution in [0.3, 0.4) is 0 Å². The molecule has 1 aromatic heterocycles. The minimum absolute atomic E-state index is 0.0180. The first-order chi connectivity index (χ1) is 12.7. The number of aliphatic hydroxyl groups excluding tert-OH is 1. The van der Waals surface area contributed by atoms with E-state index in [9.17, 15) is 9.90 Å². The van der Waals surface area contributed by atoms with Crippen molar-refractivity contribution < 1.29 is 14.6 Å². The maximum atomic E-state index is 12.4. The van der Waals surface area contributed by atoms with E-state index in [0.29, 0.717) is 31.9 Å². The molecule has 7 heteroatoms. The largest absolute Gasteiger partial charge is 0.497 e. The van der Waals surface area contributed by atoms with Crippen LogP contribution >= 0.6 is 0 Å². The first-order valence-corrected chi connectivity index (χ1v) is 8.74. The van der Waals surface area contributed by atoms with Gasteiger partial charge in [0.1, 0.15) is 5.75 Å². The molecule has 7 nitrogen and oxygen atoms in total. The van der Waals surface area contributed by atoms with Gasteiger partial charge >= 0.3 is 0 Å². The van der Waals surface area contributed by atoms with Gasteiger partial charge in [-0.05, 0) is 30.2 Å². The minimum Gasteiger partial charge on any atom is -0.497 e. The van der Waals surface area contributed by atoms with Crippen LogP contribution in [0.15, 0.2) is 42.7 Å². The van der Waals surface area contributed by atoms with Crippen LogP contribution in [0.4, 0.5) is 5.95 Å². The van der Waals surface area contributed by atoms with Crippen LogP contribution in [0.5, 0.6) is 5.75 Å². The summed E-state index contributed by atoms with van der Waals surface area (Å²) in [7, 11) is 1.63. The van der Waals surface area contributed by atoms with Crippen LogP contribution in [-0.4, -0.2) is 53.8 Å². The summed E-state index contributed by atoms with van der Waals surface area (Å²) in [6.07, 6.45) is 4.42. The van der Waals surface area contributed by atoms with Gasteiger partial charge in [-0.15, -0.1) is 0 Å². The second kappa shape index (κ2) is 8.62. The number of nitrogens with zero attached hydrogens (tertiary/aromatic N) is 3. The second-order valence-corrected chi connectivity index (χ2v) is 6.42. The number of aliphatic hydroxyl groups is 1. The number of carbonyl (C=O) groups is 1. The Balaban J connectivity index is 1.54. The highest BCUT2D eigenvalue weighted by atomic mass is 16.5. The first kappa shape index (κ1) is 18.1. The smallest absolute Gasteiger partial charge is 0.225 e. The molecule has 1 aliphatic heterocycles. The summed E-state index contributed by atoms with van der Waals surface area (Å²) in [5, 5.41) is 12.7. The van der Waals surface area contributed by atoms with Crippen molar-refractivity contribution in [3.8, 4) is 5.75 Å². The number of amides is 1. The maximum absolute atomic E-state index is 12.4. The van der Waals surface area contributed by atoms with Gasteiger partial charge in [-0.1, -0.05) is 12.1 Å². The summed E-state index contributed by atoms with van der Waals surface area (Å²) < 4.78 is 5.21. The molecule has 1 fully saturated rings. The Hall–Kier alpha value is -2.67. The topological polar surface area (TPSA) is 87.6 Å². The Bertz CT molecular complexity index is 726. The van der Waals surface area contributed by atoms with Gasteiger partial charge in [0.2, 0.25) is 11.9 Å². The molecule has 0 aliphatic carbocycles. The van der Waals surface area contributed by atoms with Gasteiger partial charge in [-0.3, -0.25) is 4.79 Å². The Labute approximate surface area is 153 Å². The number of hydrogen-bond acceptors (Lipinski definition) is 6. The molecule has 1 aliphatic rings. The van der Waals surface area contributed by atoms with Crippen LogP contribution in [-0.2, 0) is 11.2 Å². The number of hydrogen-bond donors (Lipinski definition) is 2. The molecule has 0 saturated carbocycles. The van der Waals surface area contributed by atoms with Crippen LogP contribution in [0.1, 0.15) is 12.0 Å². The lowest BCUT2D eigenvalue weighted by Crippen LogP contribution is -2.41. The highest BCUT2D eigenvalue weighted by Crippen LogP contribution is 2.21. The molecule has 2 aromatic rings. The summed E-state index contributed by atoms with van der Waals surface area (Å²) in [5.74, 6) is 1.36. The van der Waals surface area contributed by atoms with E-state index in [4.69, 9.17) is 4.74 Å². The minimum atomic E-state index is -0.110. The van der Waals surface area contributed by atoms with E-state index in [1.807, 2.05) is 29.2 Å². The summed E-state index contributed by atoms with van der Waals surface area (Å²) in [5.41, 5.74) is 1.06. The quantitative estimate of drug-likeness (QED) is 0.771. The van der Waals surface area contributed by atoms with Gasteiger partial charge < -0.3 is 20.1 Å². The van der Waals surface area contributed by atoms with Crippen LogP contribution in [0.2, 0.25) is 0 Å². The Morgan fingerprint density at radius 3 is 2.85 bits per heavy atom. The lowest BCUT2D eigenvalue weighted by molar-refractivity contribution is -0.121. The van der Waals surface area contributed by atoms with Crippen molar-refractivity contribution in [2.45, 2.75) is 18.9 Å². The molecule has 138 valence electrons. The van der Waals surface area contributed by atoms with Gasteiger partial charge in [0.05, 0.1) is 13.2 Å². The normalized spacial score (nSPS) is 19.4. The Morgan fingerprint density at radius 2 is 2.12 bits per heavy atom. The summed E-state index contributed by atoms with van der Waals surface area (Å²) in [4.78, 5) is 22.8. The van der Waals surface area contributed by atoms with Crippen molar-refractivity contribution in [3.05, 3.63) is 48.3 Å². The van der Waals surface area contributed by atoms with Gasteiger partial charge in [-0.2, -0.15) is 0 Å². The van der Waals surface area contributed by atoms with Gasteiger partial charge in [0, 0.05) is 44.4 Å². The predicted molar refractivity (Wildman–Crippen MR) is 98.1 cm³/mol. The third-order valence-electron chi connectivity index (χ3n) is 4.63. The zero-order valence-electron chi connectivity index (χ0n) is 14.8. The number of benzene rings is 1. The zero-order valence-corrected chi connectivity index (χ0v) is 14.8. The number of nitrogens with one attached hydrogen (secondary N) is 1. The maximum Gasteiger partial charge on any atom is 0.225 e. The molecular weight excluding hydrogens is 332 g/mol. The van der Waals surface area contributed by atoms with Crippen molar-refractivity contribution in [1.29, 1.82) is 0 Å². The fourth-order valence-corrected chi connectivity index (χ4v) is 3.20. The van der Waals surface area contributed by atoms with E-state index < -0.39 is 0 Å². The number of methoxy groups -OCH3 is 1. The average molecular weight is 356 g/mol. The number of aryl methyl sites for hydroxylation is 1. The molecule has 1 amide bonds. The molecule has 26 heavy (non-hydrogen) atoms. The highest BCUT2D eigenvalue weighted by molar-refractivity contribution is 5.76. The van der Waals surface area contributed by atoms with E-state index in [2.05, 4.69) is 15.3 Å². The molecule has 1 aromatic carbocycles. The second-order valence-electron chi connectivity index (χ2n) is 6.42. The molecule has 0 spiro atoms. The molecule has 3 rings (SSSR count). The third kappa shape index (κ3) is 4.49. The number of anilines is 1. The summed E-state index contributed by atoms with van der Waals surface area (Å²) in [6.45, 7) is 1.24. The SMILES string of the molecule is COc1cccc(CCC(=O)NC2CN(c3ncccn3)CC2CO)c1. The fourth-order valence-electron chi connectivity index (χ4n) is 3.20. The molecule has 0 radical (unpaired) electrons. The molecule has 0 bridgehead atoms. The zero-order chi connectivity index (χ0) is 18.4. The van der Waals surface area contributed by atoms with Crippen molar-refractivity contribution in [2.24, 2.45) is 5.92 Å².